The number of halogens is 1. The third kappa shape index (κ3) is 3.34. The summed E-state index contributed by atoms with van der Waals surface area (Å²) in [6.07, 6.45) is 9.13. The Labute approximate surface area is 195 Å². The second kappa shape index (κ2) is 7.86. The number of benzene rings is 1. The van der Waals surface area contributed by atoms with Crippen molar-refractivity contribution in [1.29, 1.82) is 0 Å². The molecule has 2 N–H and O–H groups in total. The molecule has 6 rings (SSSR count). The van der Waals surface area contributed by atoms with Gasteiger partial charge in [-0.3, -0.25) is 9.36 Å². The van der Waals surface area contributed by atoms with Crippen LogP contribution in [0.5, 0.6) is 0 Å². The highest BCUT2D eigenvalue weighted by atomic mass is 127. The zero-order chi connectivity index (χ0) is 21.7. The van der Waals surface area contributed by atoms with Gasteiger partial charge in [-0.2, -0.15) is 0 Å². The summed E-state index contributed by atoms with van der Waals surface area (Å²) in [5, 5.41) is 8.11. The Morgan fingerprint density at radius 2 is 2.16 bits per heavy atom. The lowest BCUT2D eigenvalue weighted by Crippen LogP contribution is -2.24. The molecule has 162 valence electrons. The lowest BCUT2D eigenvalue weighted by Gasteiger charge is -2.17. The molecule has 0 aliphatic carbocycles. The summed E-state index contributed by atoms with van der Waals surface area (Å²) in [6.45, 7) is 2.57. The minimum Gasteiger partial charge on any atom is -0.381 e. The van der Waals surface area contributed by atoms with E-state index in [2.05, 4.69) is 58.9 Å². The van der Waals surface area contributed by atoms with Crippen molar-refractivity contribution in [2.75, 3.05) is 18.4 Å². The Balaban J connectivity index is 1.25. The van der Waals surface area contributed by atoms with E-state index < -0.39 is 0 Å². The van der Waals surface area contributed by atoms with E-state index in [0.717, 1.165) is 42.3 Å². The van der Waals surface area contributed by atoms with Crippen LogP contribution in [-0.2, 0) is 20.0 Å². The molecule has 0 saturated heterocycles. The summed E-state index contributed by atoms with van der Waals surface area (Å²) < 4.78 is 10.6. The largest absolute Gasteiger partial charge is 0.381 e. The highest BCUT2D eigenvalue weighted by Crippen LogP contribution is 2.29. The minimum absolute atomic E-state index is 0.0461. The van der Waals surface area contributed by atoms with Crippen LogP contribution in [0.25, 0.3) is 16.6 Å². The molecule has 0 saturated carbocycles. The number of fused-ring (bicyclic) bond motifs is 4. The van der Waals surface area contributed by atoms with Gasteiger partial charge in [0.1, 0.15) is 5.84 Å². The second-order valence-corrected chi connectivity index (χ2v) is 9.77. The normalized spacial score (nSPS) is 17.0. The molecule has 0 amide bonds. The van der Waals surface area contributed by atoms with Gasteiger partial charge in [0.25, 0.3) is 5.56 Å². The van der Waals surface area contributed by atoms with Gasteiger partial charge in [0.2, 0.25) is 0 Å². The fraction of sp³-hybridized carbons (Fsp3) is 0.208. The first-order chi connectivity index (χ1) is 15.7. The molecule has 0 radical (unpaired) electrons. The fourth-order valence-electron chi connectivity index (χ4n) is 4.57. The predicted octanol–water partition coefficient (Wildman–Crippen LogP) is 3.20. The van der Waals surface area contributed by atoms with E-state index in [0.29, 0.717) is 6.54 Å². The van der Waals surface area contributed by atoms with E-state index in [1.807, 2.05) is 24.4 Å². The highest BCUT2D eigenvalue weighted by Gasteiger charge is 2.18. The predicted molar refractivity (Wildman–Crippen MR) is 139 cm³/mol. The van der Waals surface area contributed by atoms with Gasteiger partial charge < -0.3 is 20.1 Å². The first-order valence-electron chi connectivity index (χ1n) is 10.7. The molecule has 2 aromatic heterocycles. The average Bonchev–Trinajstić information content (AvgIpc) is 3.40. The molecule has 0 fully saturated rings. The van der Waals surface area contributed by atoms with E-state index in [9.17, 15) is 4.79 Å². The number of rotatable bonds is 4. The van der Waals surface area contributed by atoms with Crippen LogP contribution in [0, 0.1) is 0 Å². The van der Waals surface area contributed by atoms with Crippen LogP contribution in [0.2, 0.25) is 0 Å². The van der Waals surface area contributed by atoms with Crippen molar-refractivity contribution in [3.8, 4) is 5.69 Å². The molecule has 3 aliphatic rings. The number of aryl methyl sites for hydroxylation is 1. The van der Waals surface area contributed by atoms with Crippen molar-refractivity contribution in [3.05, 3.63) is 82.1 Å². The van der Waals surface area contributed by atoms with Gasteiger partial charge in [-0.15, -0.1) is 0 Å². The molecule has 1 aromatic carbocycles. The Kier molecular flexibility index (Phi) is 4.83. The topological polar surface area (TPSA) is 66.6 Å². The molecule has 3 aromatic rings. The van der Waals surface area contributed by atoms with Gasteiger partial charge in [0, 0.05) is 76.4 Å². The minimum atomic E-state index is -0.205. The van der Waals surface area contributed by atoms with Crippen LogP contribution in [0.15, 0.2) is 68.5 Å². The fourth-order valence-corrected chi connectivity index (χ4v) is 6.10. The summed E-state index contributed by atoms with van der Waals surface area (Å²) in [5.74, 6) is 1.02. The van der Waals surface area contributed by atoms with Crippen molar-refractivity contribution in [3.63, 3.8) is 0 Å². The Hall–Kier alpha value is -2.98. The van der Waals surface area contributed by atoms with E-state index in [1.165, 1.54) is 22.2 Å². The van der Waals surface area contributed by atoms with Crippen LogP contribution in [0.3, 0.4) is 0 Å². The van der Waals surface area contributed by atoms with Gasteiger partial charge >= 0.3 is 0 Å². The summed E-state index contributed by atoms with van der Waals surface area (Å²) >= 11 is -0.205. The molecular weight excluding hydrogens is 515 g/mol. The van der Waals surface area contributed by atoms with Gasteiger partial charge in [0.05, 0.1) is 15.3 Å². The third-order valence-electron chi connectivity index (χ3n) is 6.26. The van der Waals surface area contributed by atoms with Crippen molar-refractivity contribution >= 4 is 47.6 Å². The maximum absolute atomic E-state index is 12.9. The number of amidine groups is 1. The monoisotopic (exact) mass is 538 g/mol. The molecule has 32 heavy (non-hydrogen) atoms. The molecule has 0 bridgehead atoms. The lowest BCUT2D eigenvalue weighted by molar-refractivity contribution is 0.614. The standard InChI is InChI=1S/C24H23IN6O/c1-29-21-11-18(3-4-19(21)20-6-8-26-13-22(20)29)31-9-7-17(10-24(31)32)27-12-16-2-5-23-28-25-15-30(23)14-16/h2-5,7,9-11,14-15,26-27H,6,8,12-13H2,1H3. The van der Waals surface area contributed by atoms with E-state index in [1.54, 1.807) is 10.6 Å². The van der Waals surface area contributed by atoms with Crippen molar-refractivity contribution < 1.29 is 0 Å². The van der Waals surface area contributed by atoms with Gasteiger partial charge in [-0.05, 0) is 48.4 Å². The smallest absolute Gasteiger partial charge is 0.257 e. The van der Waals surface area contributed by atoms with E-state index in [4.69, 9.17) is 0 Å². The first kappa shape index (κ1) is 19.7. The van der Waals surface area contributed by atoms with Crippen LogP contribution < -0.4 is 16.2 Å². The number of nitrogens with one attached hydrogen (secondary N) is 2. The highest BCUT2D eigenvalue weighted by molar-refractivity contribution is 14.2. The maximum Gasteiger partial charge on any atom is 0.257 e. The summed E-state index contributed by atoms with van der Waals surface area (Å²) in [4.78, 5) is 15.0. The average molecular weight is 538 g/mol. The number of hydrogen-bond donors (Lipinski definition) is 2. The zero-order valence-corrected chi connectivity index (χ0v) is 19.8. The zero-order valence-electron chi connectivity index (χ0n) is 17.7. The quantitative estimate of drug-likeness (QED) is 0.501. The SMILES string of the molecule is Cn1c2c(c3ccc(-n4ccc(NCC5=CN6C=IN=C6C=C5)cc4=O)cc31)CCNC2. The van der Waals surface area contributed by atoms with Crippen LogP contribution >= 0.6 is 21.0 Å². The molecular formula is C24H23IN6O. The van der Waals surface area contributed by atoms with Gasteiger partial charge in [-0.1, -0.05) is 12.1 Å². The van der Waals surface area contributed by atoms with Gasteiger partial charge in [-0.25, -0.2) is 3.21 Å². The van der Waals surface area contributed by atoms with Crippen LogP contribution in [0.4, 0.5) is 5.69 Å². The first-order valence-corrected chi connectivity index (χ1v) is 12.9. The molecule has 0 atom stereocenters. The van der Waals surface area contributed by atoms with Crippen LogP contribution in [0.1, 0.15) is 11.3 Å². The van der Waals surface area contributed by atoms with Crippen molar-refractivity contribution in [2.24, 2.45) is 10.3 Å². The number of aromatic nitrogens is 2. The third-order valence-corrected chi connectivity index (χ3v) is 7.88. The van der Waals surface area contributed by atoms with Crippen molar-refractivity contribution in [2.45, 2.75) is 13.0 Å². The maximum atomic E-state index is 12.9. The summed E-state index contributed by atoms with van der Waals surface area (Å²) in [7, 11) is 2.11. The molecule has 0 unspecified atom stereocenters. The molecule has 3 aliphatic heterocycles. The van der Waals surface area contributed by atoms with Gasteiger partial charge in [0.15, 0.2) is 0 Å². The second-order valence-electron chi connectivity index (χ2n) is 8.17. The van der Waals surface area contributed by atoms with Crippen LogP contribution in [-0.4, -0.2) is 37.1 Å². The lowest BCUT2D eigenvalue weighted by atomic mass is 10.0. The number of hydrogen-bond acceptors (Lipinski definition) is 5. The molecule has 0 spiro atoms. The molecule has 7 nitrogen and oxygen atoms in total. The Morgan fingerprint density at radius 1 is 1.22 bits per heavy atom. The number of nitrogens with zero attached hydrogens (tertiary/aromatic N) is 4. The number of pyridine rings is 1. The Bertz CT molecular complexity index is 1420. The number of anilines is 1. The molecule has 5 heterocycles. The summed E-state index contributed by atoms with van der Waals surface area (Å²) in [5.41, 5.74) is 6.76. The Morgan fingerprint density at radius 3 is 3.06 bits per heavy atom. The van der Waals surface area contributed by atoms with Crippen molar-refractivity contribution in [1.82, 2.24) is 19.4 Å². The summed E-state index contributed by atoms with van der Waals surface area (Å²) in [6, 6.07) is 9.94. The van der Waals surface area contributed by atoms with E-state index >= 15 is 0 Å². The van der Waals surface area contributed by atoms with E-state index in [-0.39, 0.29) is 26.6 Å². The molecule has 8 heteroatoms.